The summed E-state index contributed by atoms with van der Waals surface area (Å²) in [4.78, 5) is 48.9. The number of methoxy groups -OCH3 is 2. The smallest absolute Gasteiger partial charge is 0.335 e. The number of hydrogen-bond donors (Lipinski definition) is 2. The molecule has 0 aliphatic rings. The van der Waals surface area contributed by atoms with Crippen LogP contribution in [0.15, 0.2) is 134 Å². The fourth-order valence-corrected chi connectivity index (χ4v) is 10.0. The zero-order valence-electron chi connectivity index (χ0n) is 48.0. The molecule has 12 aromatic rings. The Hall–Kier alpha value is -10.7. The SMILES string of the molecule is COCCn1c(Cc2c(F)cc(-c3cccc(OCc4cnc(-n5ccnn5)cc4Cl)n3)c(F)c2F)nc2ccc(C(=O)O)cc21.COCCn1c(Cc2c(F)cc(-c3cccc(OCc4cnc(-n5ccnn5)cc4Cl)n3)c(F)c2F)nc2ccc(C(=O)O)cc21. The normalized spacial score (nSPS) is 11.3. The number of pyridine rings is 4. The lowest BCUT2D eigenvalue weighted by Crippen LogP contribution is -2.11. The van der Waals surface area contributed by atoms with E-state index in [0.29, 0.717) is 54.9 Å². The second kappa shape index (κ2) is 27.6. The fraction of sp³-hybridized carbons (Fsp3) is 0.161. The Morgan fingerprint density at radius 3 is 1.33 bits per heavy atom. The lowest BCUT2D eigenvalue weighted by atomic mass is 10.0. The number of imidazole rings is 2. The molecule has 0 amide bonds. The number of carbonyl (C=O) groups is 2. The topological polar surface area (TPSA) is 260 Å². The summed E-state index contributed by atoms with van der Waals surface area (Å²) in [5.41, 5.74) is 0.796. The van der Waals surface area contributed by atoms with Crippen LogP contribution in [0.3, 0.4) is 0 Å². The van der Waals surface area contributed by atoms with Crippen molar-refractivity contribution in [1.29, 1.82) is 0 Å². The van der Waals surface area contributed by atoms with Gasteiger partial charge >= 0.3 is 11.9 Å². The molecule has 0 saturated heterocycles. The summed E-state index contributed by atoms with van der Waals surface area (Å²) in [6.07, 6.45) is 8.41. The fourth-order valence-electron chi connectivity index (χ4n) is 9.64. The van der Waals surface area contributed by atoms with Crippen molar-refractivity contribution in [2.45, 2.75) is 39.1 Å². The van der Waals surface area contributed by atoms with Crippen molar-refractivity contribution < 1.29 is 65.1 Å². The average Bonchev–Trinajstić information content (AvgIpc) is 1.13. The molecule has 0 atom stereocenters. The molecule has 92 heavy (non-hydrogen) atoms. The zero-order valence-corrected chi connectivity index (χ0v) is 49.5. The van der Waals surface area contributed by atoms with Gasteiger partial charge in [-0.25, -0.2) is 75.2 Å². The minimum atomic E-state index is -1.40. The van der Waals surface area contributed by atoms with E-state index in [2.05, 4.69) is 50.5 Å². The van der Waals surface area contributed by atoms with Gasteiger partial charge in [0.05, 0.1) is 92.6 Å². The number of aromatic carboxylic acids is 2. The number of fused-ring (bicyclic) bond motifs is 2. The number of nitrogens with zero attached hydrogens (tertiary/aromatic N) is 14. The summed E-state index contributed by atoms with van der Waals surface area (Å²) in [5, 5.41) is 34.7. The molecule has 0 spiro atoms. The summed E-state index contributed by atoms with van der Waals surface area (Å²) < 4.78 is 121. The lowest BCUT2D eigenvalue weighted by molar-refractivity contribution is 0.0686. The van der Waals surface area contributed by atoms with Gasteiger partial charge in [0.2, 0.25) is 11.8 Å². The molecular formula is C62H46Cl2F6N14O8. The van der Waals surface area contributed by atoms with Gasteiger partial charge in [0.15, 0.2) is 34.9 Å². The molecule has 0 aliphatic heterocycles. The Labute approximate surface area is 525 Å². The largest absolute Gasteiger partial charge is 0.478 e. The van der Waals surface area contributed by atoms with Gasteiger partial charge in [0, 0.05) is 110 Å². The third kappa shape index (κ3) is 13.6. The van der Waals surface area contributed by atoms with E-state index in [1.165, 1.54) is 121 Å². The molecule has 0 saturated carbocycles. The monoisotopic (exact) mass is 1300 g/mol. The Morgan fingerprint density at radius 1 is 0.533 bits per heavy atom. The standard InChI is InChI=1S/2C31H23ClF3N7O4/c2*1-45-10-9-41-25-11-17(31(43)44)5-6-24(25)38-27(41)13-19-22(33)12-20(30(35)29(19)34)23-3-2-4-28(39-23)46-16-18-15-36-26(14-21(18)32)42-8-7-37-40-42/h2*2-8,11-12,14-15H,9-10,13,16H2,1H3,(H,43,44). The van der Waals surface area contributed by atoms with Crippen LogP contribution in [0.4, 0.5) is 26.3 Å². The first-order valence-electron chi connectivity index (χ1n) is 27.4. The highest BCUT2D eigenvalue weighted by molar-refractivity contribution is 6.31. The van der Waals surface area contributed by atoms with E-state index in [1.807, 2.05) is 0 Å². The lowest BCUT2D eigenvalue weighted by Gasteiger charge is -2.13. The van der Waals surface area contributed by atoms with Gasteiger partial charge in [-0.05, 0) is 60.7 Å². The number of rotatable bonds is 22. The highest BCUT2D eigenvalue weighted by Crippen LogP contribution is 2.34. The van der Waals surface area contributed by atoms with Crippen LogP contribution in [-0.4, -0.2) is 119 Å². The number of hydrogen-bond acceptors (Lipinski definition) is 16. The molecule has 468 valence electrons. The number of carboxylic acid groups (broad SMARTS) is 2. The van der Waals surface area contributed by atoms with Crippen LogP contribution in [0.2, 0.25) is 10.0 Å². The quantitative estimate of drug-likeness (QED) is 0.0472. The molecule has 0 radical (unpaired) electrons. The Morgan fingerprint density at radius 2 is 0.957 bits per heavy atom. The molecule has 30 heteroatoms. The second-order valence-corrected chi connectivity index (χ2v) is 20.8. The minimum absolute atomic E-state index is 0.0184. The molecule has 8 heterocycles. The third-order valence-corrected chi connectivity index (χ3v) is 15.0. The van der Waals surface area contributed by atoms with E-state index >= 15 is 26.3 Å². The number of ether oxygens (including phenoxy) is 4. The number of aromatic nitrogens is 14. The second-order valence-electron chi connectivity index (χ2n) is 20.0. The van der Waals surface area contributed by atoms with Crippen LogP contribution in [-0.2, 0) is 48.6 Å². The third-order valence-electron chi connectivity index (χ3n) is 14.3. The van der Waals surface area contributed by atoms with Gasteiger partial charge in [-0.1, -0.05) is 45.8 Å². The Bertz CT molecular complexity index is 4440. The number of halogens is 8. The molecule has 2 N–H and O–H groups in total. The summed E-state index contributed by atoms with van der Waals surface area (Å²) >= 11 is 12.7. The Balaban J connectivity index is 0.000000188. The highest BCUT2D eigenvalue weighted by atomic mass is 35.5. The maximum atomic E-state index is 15.5. The molecule has 12 rings (SSSR count). The molecule has 0 unspecified atom stereocenters. The predicted octanol–water partition coefficient (Wildman–Crippen LogP) is 11.3. The van der Waals surface area contributed by atoms with Gasteiger partial charge < -0.3 is 38.3 Å². The van der Waals surface area contributed by atoms with Crippen molar-refractivity contribution in [3.05, 3.63) is 224 Å². The van der Waals surface area contributed by atoms with Crippen LogP contribution in [0.5, 0.6) is 11.8 Å². The highest BCUT2D eigenvalue weighted by Gasteiger charge is 2.26. The summed E-state index contributed by atoms with van der Waals surface area (Å²) in [6, 6.07) is 22.3. The zero-order chi connectivity index (χ0) is 64.7. The van der Waals surface area contributed by atoms with Crippen molar-refractivity contribution in [3.63, 3.8) is 0 Å². The van der Waals surface area contributed by atoms with Crippen LogP contribution in [0.25, 0.3) is 56.2 Å². The van der Waals surface area contributed by atoms with Crippen molar-refractivity contribution in [1.82, 2.24) is 69.0 Å². The van der Waals surface area contributed by atoms with E-state index < -0.39 is 81.9 Å². The molecular weight excluding hydrogens is 1250 g/mol. The van der Waals surface area contributed by atoms with Crippen molar-refractivity contribution in [2.24, 2.45) is 0 Å². The van der Waals surface area contributed by atoms with Crippen LogP contribution < -0.4 is 9.47 Å². The van der Waals surface area contributed by atoms with Gasteiger partial charge in [-0.15, -0.1) is 10.2 Å². The molecule has 22 nitrogen and oxygen atoms in total. The van der Waals surface area contributed by atoms with Gasteiger partial charge in [0.1, 0.15) is 36.5 Å². The van der Waals surface area contributed by atoms with E-state index in [1.54, 1.807) is 33.7 Å². The molecule has 0 fully saturated rings. The number of benzene rings is 4. The molecule has 0 aliphatic carbocycles. The minimum Gasteiger partial charge on any atom is -0.478 e. The first-order chi connectivity index (χ1) is 44.5. The predicted molar refractivity (Wildman–Crippen MR) is 319 cm³/mol. The van der Waals surface area contributed by atoms with Crippen LogP contribution >= 0.6 is 23.2 Å². The van der Waals surface area contributed by atoms with E-state index in [-0.39, 0.29) is 85.4 Å². The first kappa shape index (κ1) is 62.9. The molecule has 0 bridgehead atoms. The van der Waals surface area contributed by atoms with Crippen LogP contribution in [0.1, 0.15) is 54.6 Å². The van der Waals surface area contributed by atoms with Crippen molar-refractivity contribution in [3.8, 4) is 45.9 Å². The Kier molecular flexibility index (Phi) is 18.9. The van der Waals surface area contributed by atoms with E-state index in [4.69, 9.17) is 42.1 Å². The molecule has 4 aromatic carbocycles. The van der Waals surface area contributed by atoms with Crippen molar-refractivity contribution in [2.75, 3.05) is 27.4 Å². The van der Waals surface area contributed by atoms with Gasteiger partial charge in [-0.2, -0.15) is 0 Å². The first-order valence-corrected chi connectivity index (χ1v) is 28.2. The number of carboxylic acids is 2. The maximum Gasteiger partial charge on any atom is 0.335 e. The summed E-state index contributed by atoms with van der Waals surface area (Å²) in [5.74, 6) is -8.26. The van der Waals surface area contributed by atoms with E-state index in [9.17, 15) is 19.8 Å². The van der Waals surface area contributed by atoms with E-state index in [0.717, 1.165) is 12.1 Å². The average molecular weight is 1300 g/mol. The summed E-state index contributed by atoms with van der Waals surface area (Å²) in [7, 11) is 2.96. The van der Waals surface area contributed by atoms with Gasteiger partial charge in [0.25, 0.3) is 0 Å². The van der Waals surface area contributed by atoms with Crippen molar-refractivity contribution >= 4 is 57.2 Å². The summed E-state index contributed by atoms with van der Waals surface area (Å²) in [6.45, 7) is 0.798. The van der Waals surface area contributed by atoms with Crippen LogP contribution in [0, 0.1) is 34.9 Å². The van der Waals surface area contributed by atoms with Gasteiger partial charge in [-0.3, -0.25) is 0 Å². The maximum absolute atomic E-state index is 15.5. The molecule has 8 aromatic heterocycles.